The third kappa shape index (κ3) is 1.66. The zero-order valence-electron chi connectivity index (χ0n) is 11.1. The summed E-state index contributed by atoms with van der Waals surface area (Å²) in [5.41, 5.74) is 4.85. The molecule has 3 rings (SSSR count). The molecule has 2 aliphatic rings. The minimum Gasteiger partial charge on any atom is -0.367 e. The molecule has 0 saturated carbocycles. The van der Waals surface area contributed by atoms with E-state index in [9.17, 15) is 0 Å². The summed E-state index contributed by atoms with van der Waals surface area (Å²) in [5.74, 6) is 0. The van der Waals surface area contributed by atoms with Gasteiger partial charge in [-0.1, -0.05) is 32.0 Å². The minimum atomic E-state index is 0.325. The standard InChI is InChI=1S/C15H22N2/c1-11-9-16-10-12-5-4-6-13-14(12)17(11)8-7-15(13,2)3/h4-6,11,16H,7-10H2,1-3H3. The van der Waals surface area contributed by atoms with Gasteiger partial charge in [0.15, 0.2) is 0 Å². The third-order valence-corrected chi connectivity index (χ3v) is 4.40. The molecule has 0 spiro atoms. The molecule has 0 aliphatic carbocycles. The van der Waals surface area contributed by atoms with Gasteiger partial charge in [-0.2, -0.15) is 0 Å². The number of hydrogen-bond acceptors (Lipinski definition) is 2. The second-order valence-corrected chi connectivity index (χ2v) is 6.12. The number of nitrogens with one attached hydrogen (secondary N) is 1. The van der Waals surface area contributed by atoms with Crippen molar-refractivity contribution < 1.29 is 0 Å². The molecule has 0 bridgehead atoms. The number of para-hydroxylation sites is 1. The summed E-state index contributed by atoms with van der Waals surface area (Å²) in [4.78, 5) is 2.61. The Hall–Kier alpha value is -1.02. The number of anilines is 1. The zero-order valence-corrected chi connectivity index (χ0v) is 11.1. The Morgan fingerprint density at radius 1 is 1.35 bits per heavy atom. The van der Waals surface area contributed by atoms with Crippen molar-refractivity contribution >= 4 is 5.69 Å². The van der Waals surface area contributed by atoms with Crippen molar-refractivity contribution in [1.82, 2.24) is 5.32 Å². The maximum absolute atomic E-state index is 3.56. The first kappa shape index (κ1) is 11.1. The van der Waals surface area contributed by atoms with Crippen molar-refractivity contribution in [3.63, 3.8) is 0 Å². The highest BCUT2D eigenvalue weighted by molar-refractivity contribution is 5.65. The summed E-state index contributed by atoms with van der Waals surface area (Å²) in [7, 11) is 0. The SMILES string of the molecule is CC1CNCc2cccc3c2N1CCC3(C)C. The second-order valence-electron chi connectivity index (χ2n) is 6.12. The fraction of sp³-hybridized carbons (Fsp3) is 0.600. The fourth-order valence-corrected chi connectivity index (χ4v) is 3.23. The first-order chi connectivity index (χ1) is 8.09. The summed E-state index contributed by atoms with van der Waals surface area (Å²) in [6.07, 6.45) is 1.26. The lowest BCUT2D eigenvalue weighted by Gasteiger charge is -2.43. The summed E-state index contributed by atoms with van der Waals surface area (Å²) in [6, 6.07) is 7.42. The van der Waals surface area contributed by atoms with E-state index in [1.54, 1.807) is 0 Å². The molecule has 0 fully saturated rings. The van der Waals surface area contributed by atoms with Crippen molar-refractivity contribution in [2.45, 2.75) is 45.2 Å². The van der Waals surface area contributed by atoms with E-state index in [2.05, 4.69) is 49.2 Å². The van der Waals surface area contributed by atoms with Crippen LogP contribution < -0.4 is 10.2 Å². The highest BCUT2D eigenvalue weighted by atomic mass is 15.2. The monoisotopic (exact) mass is 230 g/mol. The van der Waals surface area contributed by atoms with Crippen LogP contribution in [0, 0.1) is 0 Å². The van der Waals surface area contributed by atoms with Crippen molar-refractivity contribution in [3.05, 3.63) is 29.3 Å². The van der Waals surface area contributed by atoms with Crippen LogP contribution in [-0.4, -0.2) is 19.1 Å². The van der Waals surface area contributed by atoms with E-state index in [0.717, 1.165) is 13.1 Å². The molecule has 2 nitrogen and oxygen atoms in total. The molecular formula is C15H22N2. The van der Waals surface area contributed by atoms with Crippen LogP contribution in [-0.2, 0) is 12.0 Å². The average molecular weight is 230 g/mol. The molecule has 0 saturated heterocycles. The smallest absolute Gasteiger partial charge is 0.0452 e. The lowest BCUT2D eigenvalue weighted by atomic mass is 9.76. The quantitative estimate of drug-likeness (QED) is 0.737. The molecule has 2 heteroatoms. The van der Waals surface area contributed by atoms with Crippen molar-refractivity contribution in [3.8, 4) is 0 Å². The molecule has 1 unspecified atom stereocenters. The first-order valence-corrected chi connectivity index (χ1v) is 6.69. The van der Waals surface area contributed by atoms with Crippen molar-refractivity contribution in [2.75, 3.05) is 18.0 Å². The second kappa shape index (κ2) is 3.74. The molecule has 1 atom stereocenters. The van der Waals surface area contributed by atoms with Gasteiger partial charge in [-0.15, -0.1) is 0 Å². The van der Waals surface area contributed by atoms with Gasteiger partial charge in [0.1, 0.15) is 0 Å². The number of hydrogen-bond donors (Lipinski definition) is 1. The van der Waals surface area contributed by atoms with E-state index in [4.69, 9.17) is 0 Å². The molecule has 0 aromatic heterocycles. The van der Waals surface area contributed by atoms with Crippen LogP contribution in [0.25, 0.3) is 0 Å². The summed E-state index contributed by atoms with van der Waals surface area (Å²) in [5, 5.41) is 3.56. The van der Waals surface area contributed by atoms with E-state index in [1.807, 2.05) is 0 Å². The van der Waals surface area contributed by atoms with Gasteiger partial charge in [0.2, 0.25) is 0 Å². The summed E-state index contributed by atoms with van der Waals surface area (Å²) < 4.78 is 0. The lowest BCUT2D eigenvalue weighted by molar-refractivity contribution is 0.437. The van der Waals surface area contributed by atoms with Gasteiger partial charge in [0.25, 0.3) is 0 Å². The maximum Gasteiger partial charge on any atom is 0.0452 e. The molecule has 1 N–H and O–H groups in total. The third-order valence-electron chi connectivity index (χ3n) is 4.40. The Morgan fingerprint density at radius 3 is 3.00 bits per heavy atom. The molecule has 0 amide bonds. The molecule has 92 valence electrons. The van der Waals surface area contributed by atoms with E-state index >= 15 is 0 Å². The van der Waals surface area contributed by atoms with Crippen LogP contribution in [0.2, 0.25) is 0 Å². The van der Waals surface area contributed by atoms with Crippen LogP contribution in [0.3, 0.4) is 0 Å². The summed E-state index contributed by atoms with van der Waals surface area (Å²) >= 11 is 0. The maximum atomic E-state index is 3.56. The molecule has 17 heavy (non-hydrogen) atoms. The van der Waals surface area contributed by atoms with Crippen molar-refractivity contribution in [2.24, 2.45) is 0 Å². The molecule has 2 aliphatic heterocycles. The highest BCUT2D eigenvalue weighted by Crippen LogP contribution is 2.42. The van der Waals surface area contributed by atoms with E-state index in [1.165, 1.54) is 29.8 Å². The fourth-order valence-electron chi connectivity index (χ4n) is 3.23. The topological polar surface area (TPSA) is 15.3 Å². The van der Waals surface area contributed by atoms with Gasteiger partial charge >= 0.3 is 0 Å². The number of benzene rings is 1. The normalized spacial score (nSPS) is 26.3. The zero-order chi connectivity index (χ0) is 12.0. The molecular weight excluding hydrogens is 208 g/mol. The highest BCUT2D eigenvalue weighted by Gasteiger charge is 2.35. The van der Waals surface area contributed by atoms with Gasteiger partial charge < -0.3 is 10.2 Å². The number of rotatable bonds is 0. The van der Waals surface area contributed by atoms with E-state index < -0.39 is 0 Å². The Labute approximate surface area is 104 Å². The van der Waals surface area contributed by atoms with E-state index in [-0.39, 0.29) is 0 Å². The Morgan fingerprint density at radius 2 is 2.18 bits per heavy atom. The summed E-state index contributed by atoms with van der Waals surface area (Å²) in [6.45, 7) is 10.4. The van der Waals surface area contributed by atoms with Crippen LogP contribution in [0.15, 0.2) is 18.2 Å². The molecule has 2 heterocycles. The van der Waals surface area contributed by atoms with Gasteiger partial charge in [0.05, 0.1) is 0 Å². The van der Waals surface area contributed by atoms with Gasteiger partial charge in [-0.3, -0.25) is 0 Å². The minimum absolute atomic E-state index is 0.325. The van der Waals surface area contributed by atoms with Gasteiger partial charge in [-0.05, 0) is 29.9 Å². The number of nitrogens with zero attached hydrogens (tertiary/aromatic N) is 1. The van der Waals surface area contributed by atoms with E-state index in [0.29, 0.717) is 11.5 Å². The van der Waals surface area contributed by atoms with Gasteiger partial charge in [0, 0.05) is 31.4 Å². The van der Waals surface area contributed by atoms with Crippen LogP contribution in [0.5, 0.6) is 0 Å². The van der Waals surface area contributed by atoms with Crippen molar-refractivity contribution in [1.29, 1.82) is 0 Å². The van der Waals surface area contributed by atoms with Crippen LogP contribution in [0.1, 0.15) is 38.3 Å². The van der Waals surface area contributed by atoms with Gasteiger partial charge in [-0.25, -0.2) is 0 Å². The molecule has 1 aromatic carbocycles. The average Bonchev–Trinajstić information content (AvgIpc) is 2.44. The predicted molar refractivity (Wildman–Crippen MR) is 72.6 cm³/mol. The Balaban J connectivity index is 2.20. The predicted octanol–water partition coefficient (Wildman–Crippen LogP) is 2.67. The Bertz CT molecular complexity index is 437. The molecule has 0 radical (unpaired) electrons. The lowest BCUT2D eigenvalue weighted by Crippen LogP contribution is -2.44. The first-order valence-electron chi connectivity index (χ1n) is 6.69. The molecule has 1 aromatic rings. The Kier molecular flexibility index (Phi) is 2.44. The van der Waals surface area contributed by atoms with Crippen LogP contribution in [0.4, 0.5) is 5.69 Å². The van der Waals surface area contributed by atoms with Crippen LogP contribution >= 0.6 is 0 Å². The largest absolute Gasteiger partial charge is 0.367 e.